The number of hydrogen-bond acceptors (Lipinski definition) is 3. The molecule has 1 aliphatic heterocycles. The fraction of sp³-hybridized carbons (Fsp3) is 0.611. The number of unbranched alkanes of at least 4 members (excludes halogenated alkanes) is 5. The van der Waals surface area contributed by atoms with Crippen LogP contribution in [0, 0.1) is 0 Å². The largest absolute Gasteiger partial charge is 0.464 e. The van der Waals surface area contributed by atoms with E-state index in [4.69, 9.17) is 4.74 Å². The summed E-state index contributed by atoms with van der Waals surface area (Å²) < 4.78 is 5.44. The first-order chi connectivity index (χ1) is 10.3. The summed E-state index contributed by atoms with van der Waals surface area (Å²) in [6.45, 7) is 3.61. The molecule has 1 aliphatic rings. The Labute approximate surface area is 128 Å². The molecule has 1 aromatic rings. The molecule has 0 saturated carbocycles. The monoisotopic (exact) mass is 289 g/mol. The lowest BCUT2D eigenvalue weighted by molar-refractivity contribution is -0.146. The van der Waals surface area contributed by atoms with Gasteiger partial charge in [-0.2, -0.15) is 0 Å². The minimum absolute atomic E-state index is 0.129. The van der Waals surface area contributed by atoms with Crippen molar-refractivity contribution in [3.05, 3.63) is 35.4 Å². The lowest BCUT2D eigenvalue weighted by atomic mass is 9.94. The second-order valence-corrected chi connectivity index (χ2v) is 5.77. The van der Waals surface area contributed by atoms with E-state index in [0.717, 1.165) is 31.4 Å². The lowest BCUT2D eigenvalue weighted by Gasteiger charge is -2.25. The van der Waals surface area contributed by atoms with Crippen molar-refractivity contribution in [2.24, 2.45) is 0 Å². The fourth-order valence-corrected chi connectivity index (χ4v) is 2.85. The van der Waals surface area contributed by atoms with Gasteiger partial charge in [0.1, 0.15) is 6.04 Å². The van der Waals surface area contributed by atoms with E-state index in [0.29, 0.717) is 6.61 Å². The second kappa shape index (κ2) is 8.83. The smallest absolute Gasteiger partial charge is 0.327 e. The predicted octanol–water partition coefficient (Wildman–Crippen LogP) is 3.78. The second-order valence-electron chi connectivity index (χ2n) is 5.77. The van der Waals surface area contributed by atoms with Gasteiger partial charge in [-0.1, -0.05) is 63.3 Å². The summed E-state index contributed by atoms with van der Waals surface area (Å²) in [5.41, 5.74) is 2.34. The topological polar surface area (TPSA) is 38.3 Å². The molecule has 1 aromatic carbocycles. The van der Waals surface area contributed by atoms with Gasteiger partial charge in [0.2, 0.25) is 0 Å². The summed E-state index contributed by atoms with van der Waals surface area (Å²) in [5, 5.41) is 3.27. The fourth-order valence-electron chi connectivity index (χ4n) is 2.85. The Morgan fingerprint density at radius 3 is 2.81 bits per heavy atom. The summed E-state index contributed by atoms with van der Waals surface area (Å²) in [6.07, 6.45) is 8.23. The molecule has 0 saturated heterocycles. The maximum absolute atomic E-state index is 12.2. The summed E-state index contributed by atoms with van der Waals surface area (Å²) in [4.78, 5) is 12.2. The van der Waals surface area contributed by atoms with Crippen LogP contribution >= 0.6 is 0 Å². The van der Waals surface area contributed by atoms with Gasteiger partial charge in [0.15, 0.2) is 0 Å². The first-order valence-corrected chi connectivity index (χ1v) is 8.30. The van der Waals surface area contributed by atoms with E-state index in [2.05, 4.69) is 18.3 Å². The van der Waals surface area contributed by atoms with Crippen LogP contribution in [0.3, 0.4) is 0 Å². The summed E-state index contributed by atoms with van der Waals surface area (Å²) in [5.74, 6) is -0.129. The molecule has 3 nitrogen and oxygen atoms in total. The third-order valence-corrected chi connectivity index (χ3v) is 4.09. The Hall–Kier alpha value is -1.35. The van der Waals surface area contributed by atoms with Crippen LogP contribution in [-0.4, -0.2) is 19.1 Å². The number of carbonyl (C=O) groups excluding carboxylic acids is 1. The van der Waals surface area contributed by atoms with Gasteiger partial charge in [0.05, 0.1) is 6.61 Å². The molecule has 0 aromatic heterocycles. The minimum atomic E-state index is -0.282. The highest BCUT2D eigenvalue weighted by molar-refractivity contribution is 5.78. The van der Waals surface area contributed by atoms with Gasteiger partial charge in [-0.25, -0.2) is 4.79 Å². The number of nitrogens with one attached hydrogen (secondary N) is 1. The molecule has 116 valence electrons. The van der Waals surface area contributed by atoms with Crippen molar-refractivity contribution >= 4 is 5.97 Å². The predicted molar refractivity (Wildman–Crippen MR) is 85.2 cm³/mol. The highest BCUT2D eigenvalue weighted by Crippen LogP contribution is 2.23. The first-order valence-electron chi connectivity index (χ1n) is 8.30. The SMILES string of the molecule is CCCCCCCCOC(=O)C1NCCc2ccccc21. The normalized spacial score (nSPS) is 17.3. The Balaban J connectivity index is 1.72. The van der Waals surface area contributed by atoms with E-state index in [1.165, 1.54) is 31.2 Å². The number of esters is 1. The van der Waals surface area contributed by atoms with Crippen molar-refractivity contribution in [2.45, 2.75) is 57.9 Å². The lowest BCUT2D eigenvalue weighted by Crippen LogP contribution is -2.36. The molecule has 0 amide bonds. The van der Waals surface area contributed by atoms with E-state index < -0.39 is 0 Å². The zero-order valence-corrected chi connectivity index (χ0v) is 13.1. The third-order valence-electron chi connectivity index (χ3n) is 4.09. The van der Waals surface area contributed by atoms with Gasteiger partial charge in [-0.15, -0.1) is 0 Å². The van der Waals surface area contributed by atoms with Crippen LogP contribution in [0.2, 0.25) is 0 Å². The average molecular weight is 289 g/mol. The van der Waals surface area contributed by atoms with Crippen LogP contribution in [-0.2, 0) is 16.0 Å². The number of benzene rings is 1. The molecule has 0 radical (unpaired) electrons. The number of hydrogen-bond donors (Lipinski definition) is 1. The van der Waals surface area contributed by atoms with Gasteiger partial charge >= 0.3 is 5.97 Å². The molecule has 21 heavy (non-hydrogen) atoms. The number of ether oxygens (including phenoxy) is 1. The molecule has 1 atom stereocenters. The van der Waals surface area contributed by atoms with Crippen molar-refractivity contribution in [3.63, 3.8) is 0 Å². The minimum Gasteiger partial charge on any atom is -0.464 e. The maximum atomic E-state index is 12.2. The molecule has 1 unspecified atom stereocenters. The van der Waals surface area contributed by atoms with Crippen LogP contribution in [0.5, 0.6) is 0 Å². The van der Waals surface area contributed by atoms with Crippen molar-refractivity contribution in [1.82, 2.24) is 5.32 Å². The first kappa shape index (κ1) is 16.0. The molecule has 3 heteroatoms. The molecular weight excluding hydrogens is 262 g/mol. The number of rotatable bonds is 8. The molecular formula is C18H27NO2. The van der Waals surface area contributed by atoms with E-state index in [1.54, 1.807) is 0 Å². The van der Waals surface area contributed by atoms with E-state index >= 15 is 0 Å². The quantitative estimate of drug-likeness (QED) is 0.584. The Kier molecular flexibility index (Phi) is 6.74. The highest BCUT2D eigenvalue weighted by atomic mass is 16.5. The Bertz CT molecular complexity index is 445. The van der Waals surface area contributed by atoms with E-state index in [-0.39, 0.29) is 12.0 Å². The number of carbonyl (C=O) groups is 1. The van der Waals surface area contributed by atoms with Crippen LogP contribution in [0.4, 0.5) is 0 Å². The number of fused-ring (bicyclic) bond motifs is 1. The molecule has 0 fully saturated rings. The van der Waals surface area contributed by atoms with Gasteiger partial charge in [-0.05, 0) is 24.0 Å². The summed E-state index contributed by atoms with van der Waals surface area (Å²) in [6, 6.07) is 7.86. The average Bonchev–Trinajstić information content (AvgIpc) is 2.53. The van der Waals surface area contributed by atoms with Crippen LogP contribution in [0.1, 0.15) is 62.6 Å². The maximum Gasteiger partial charge on any atom is 0.327 e. The summed E-state index contributed by atoms with van der Waals surface area (Å²) in [7, 11) is 0. The molecule has 1 N–H and O–H groups in total. The standard InChI is InChI=1S/C18H27NO2/c1-2-3-4-5-6-9-14-21-18(20)17-16-11-8-7-10-15(16)12-13-19-17/h7-8,10-11,17,19H,2-6,9,12-14H2,1H3. The Morgan fingerprint density at radius 2 is 1.95 bits per heavy atom. The van der Waals surface area contributed by atoms with Crippen LogP contribution in [0.15, 0.2) is 24.3 Å². The zero-order valence-electron chi connectivity index (χ0n) is 13.1. The highest BCUT2D eigenvalue weighted by Gasteiger charge is 2.26. The molecule has 1 heterocycles. The van der Waals surface area contributed by atoms with Crippen molar-refractivity contribution in [3.8, 4) is 0 Å². The summed E-state index contributed by atoms with van der Waals surface area (Å²) >= 11 is 0. The van der Waals surface area contributed by atoms with Crippen LogP contribution < -0.4 is 5.32 Å². The van der Waals surface area contributed by atoms with Gasteiger partial charge in [-0.3, -0.25) is 0 Å². The van der Waals surface area contributed by atoms with Crippen molar-refractivity contribution in [2.75, 3.05) is 13.2 Å². The van der Waals surface area contributed by atoms with Crippen molar-refractivity contribution < 1.29 is 9.53 Å². The van der Waals surface area contributed by atoms with Gasteiger partial charge in [0, 0.05) is 6.54 Å². The molecule has 0 bridgehead atoms. The molecule has 2 rings (SSSR count). The van der Waals surface area contributed by atoms with E-state index in [1.807, 2.05) is 18.2 Å². The van der Waals surface area contributed by atoms with Gasteiger partial charge in [0.25, 0.3) is 0 Å². The molecule has 0 spiro atoms. The van der Waals surface area contributed by atoms with Crippen molar-refractivity contribution in [1.29, 1.82) is 0 Å². The Morgan fingerprint density at radius 1 is 1.19 bits per heavy atom. The van der Waals surface area contributed by atoms with Gasteiger partial charge < -0.3 is 10.1 Å². The van der Waals surface area contributed by atoms with Crippen LogP contribution in [0.25, 0.3) is 0 Å². The third kappa shape index (κ3) is 4.85. The molecule has 0 aliphatic carbocycles. The van der Waals surface area contributed by atoms with E-state index in [9.17, 15) is 4.79 Å². The zero-order chi connectivity index (χ0) is 14.9.